The van der Waals surface area contributed by atoms with Gasteiger partial charge in [-0.3, -0.25) is 9.69 Å². The van der Waals surface area contributed by atoms with Crippen LogP contribution in [0.3, 0.4) is 0 Å². The Labute approximate surface area is 205 Å². The highest BCUT2D eigenvalue weighted by Crippen LogP contribution is 2.31. The number of piperidine rings is 1. The molecule has 186 valence electrons. The van der Waals surface area contributed by atoms with E-state index in [2.05, 4.69) is 20.4 Å². The summed E-state index contributed by atoms with van der Waals surface area (Å²) in [5.41, 5.74) is 1.98. The molecule has 1 amide bonds. The van der Waals surface area contributed by atoms with E-state index in [1.54, 1.807) is 14.2 Å². The average Bonchev–Trinajstić information content (AvgIpc) is 3.36. The van der Waals surface area contributed by atoms with E-state index < -0.39 is 0 Å². The first-order valence-corrected chi connectivity index (χ1v) is 11.8. The van der Waals surface area contributed by atoms with Crippen LogP contribution >= 0.6 is 0 Å². The van der Waals surface area contributed by atoms with Gasteiger partial charge in [0, 0.05) is 11.5 Å². The summed E-state index contributed by atoms with van der Waals surface area (Å²) in [5.74, 6) is 3.22. The number of aromatic nitrogens is 2. The molecule has 9 nitrogen and oxygen atoms in total. The number of hydrogen-bond donors (Lipinski definition) is 1. The van der Waals surface area contributed by atoms with Crippen molar-refractivity contribution in [3.8, 4) is 28.6 Å². The Kier molecular flexibility index (Phi) is 8.20. The van der Waals surface area contributed by atoms with Crippen LogP contribution in [-0.2, 0) is 11.3 Å². The molecule has 3 aromatic rings. The van der Waals surface area contributed by atoms with Gasteiger partial charge in [-0.2, -0.15) is 4.98 Å². The highest BCUT2D eigenvalue weighted by molar-refractivity contribution is 5.78. The smallest absolute Gasteiger partial charge is 0.241 e. The Morgan fingerprint density at radius 1 is 1.09 bits per heavy atom. The number of carbonyl (C=O) groups is 1. The van der Waals surface area contributed by atoms with Crippen LogP contribution < -0.4 is 19.5 Å². The van der Waals surface area contributed by atoms with Gasteiger partial charge in [-0.25, -0.2) is 0 Å². The van der Waals surface area contributed by atoms with Crippen LogP contribution in [0.1, 0.15) is 24.3 Å². The van der Waals surface area contributed by atoms with Crippen molar-refractivity contribution in [3.05, 3.63) is 53.9 Å². The number of ether oxygens (including phenoxy) is 3. The first-order chi connectivity index (χ1) is 17.1. The van der Waals surface area contributed by atoms with E-state index in [9.17, 15) is 4.79 Å². The van der Waals surface area contributed by atoms with Crippen LogP contribution in [0.5, 0.6) is 17.2 Å². The standard InChI is InChI=1S/C26H32N4O5/c1-18-4-7-21(8-5-18)34-15-12-27-26(31)19-10-13-30(14-11-19)17-24-28-25(29-35-24)20-6-9-22(32-2)23(16-20)33-3/h4-9,16,19H,10-15,17H2,1-3H3,(H,27,31). The number of nitrogens with zero attached hydrogens (tertiary/aromatic N) is 3. The summed E-state index contributed by atoms with van der Waals surface area (Å²) in [4.78, 5) is 19.3. The maximum atomic E-state index is 12.5. The second-order valence-electron chi connectivity index (χ2n) is 8.58. The Hall–Kier alpha value is -3.59. The lowest BCUT2D eigenvalue weighted by Gasteiger charge is -2.30. The van der Waals surface area contributed by atoms with E-state index in [-0.39, 0.29) is 11.8 Å². The van der Waals surface area contributed by atoms with Gasteiger partial charge in [0.15, 0.2) is 11.5 Å². The second-order valence-corrected chi connectivity index (χ2v) is 8.58. The summed E-state index contributed by atoms with van der Waals surface area (Å²) in [6.07, 6.45) is 1.59. The SMILES string of the molecule is COc1ccc(-c2noc(CN3CCC(C(=O)NCCOc4ccc(C)cc4)CC3)n2)cc1OC. The van der Waals surface area contributed by atoms with Crippen LogP contribution in [0, 0.1) is 12.8 Å². The molecule has 1 aliphatic heterocycles. The molecule has 35 heavy (non-hydrogen) atoms. The van der Waals surface area contributed by atoms with Crippen molar-refractivity contribution in [1.29, 1.82) is 0 Å². The Morgan fingerprint density at radius 3 is 2.54 bits per heavy atom. The predicted molar refractivity (Wildman–Crippen MR) is 131 cm³/mol. The molecule has 0 radical (unpaired) electrons. The lowest BCUT2D eigenvalue weighted by Crippen LogP contribution is -2.41. The second kappa shape index (κ2) is 11.7. The van der Waals surface area contributed by atoms with Crippen molar-refractivity contribution in [2.24, 2.45) is 5.92 Å². The van der Waals surface area contributed by atoms with Crippen LogP contribution in [0.2, 0.25) is 0 Å². The minimum Gasteiger partial charge on any atom is -0.493 e. The normalized spacial score (nSPS) is 14.5. The molecular weight excluding hydrogens is 448 g/mol. The van der Waals surface area contributed by atoms with Gasteiger partial charge in [-0.15, -0.1) is 0 Å². The summed E-state index contributed by atoms with van der Waals surface area (Å²) in [6, 6.07) is 13.4. The molecule has 1 aromatic heterocycles. The van der Waals surface area contributed by atoms with Gasteiger partial charge < -0.3 is 24.1 Å². The van der Waals surface area contributed by atoms with Gasteiger partial charge in [-0.05, 0) is 63.2 Å². The molecule has 0 saturated carbocycles. The molecule has 9 heteroatoms. The monoisotopic (exact) mass is 480 g/mol. The van der Waals surface area contributed by atoms with Gasteiger partial charge in [0.25, 0.3) is 0 Å². The lowest BCUT2D eigenvalue weighted by atomic mass is 9.96. The summed E-state index contributed by atoms with van der Waals surface area (Å²) in [7, 11) is 3.18. The Morgan fingerprint density at radius 2 is 1.83 bits per heavy atom. The summed E-state index contributed by atoms with van der Waals surface area (Å²) in [6.45, 7) is 5.13. The molecule has 1 fully saturated rings. The predicted octanol–water partition coefficient (Wildman–Crippen LogP) is 3.47. The molecule has 1 N–H and O–H groups in total. The summed E-state index contributed by atoms with van der Waals surface area (Å²) >= 11 is 0. The number of likely N-dealkylation sites (tertiary alicyclic amines) is 1. The first-order valence-electron chi connectivity index (χ1n) is 11.8. The summed E-state index contributed by atoms with van der Waals surface area (Å²) < 4.78 is 21.8. The molecule has 1 saturated heterocycles. The zero-order valence-electron chi connectivity index (χ0n) is 20.5. The fourth-order valence-corrected chi connectivity index (χ4v) is 4.08. The maximum Gasteiger partial charge on any atom is 0.241 e. The van der Waals surface area contributed by atoms with Crippen molar-refractivity contribution in [3.63, 3.8) is 0 Å². The Bertz CT molecular complexity index is 1110. The quantitative estimate of drug-likeness (QED) is 0.441. The minimum atomic E-state index is 0.00985. The number of hydrogen-bond acceptors (Lipinski definition) is 8. The average molecular weight is 481 g/mol. The van der Waals surface area contributed by atoms with Crippen LogP contribution in [0.25, 0.3) is 11.4 Å². The van der Waals surface area contributed by atoms with Crippen molar-refractivity contribution < 1.29 is 23.5 Å². The van der Waals surface area contributed by atoms with E-state index in [1.165, 1.54) is 5.56 Å². The molecule has 0 spiro atoms. The van der Waals surface area contributed by atoms with Crippen molar-refractivity contribution in [1.82, 2.24) is 20.4 Å². The van der Waals surface area contributed by atoms with Crippen molar-refractivity contribution >= 4 is 5.91 Å². The van der Waals surface area contributed by atoms with E-state index in [0.29, 0.717) is 42.9 Å². The van der Waals surface area contributed by atoms with Crippen LogP contribution in [0.4, 0.5) is 0 Å². The van der Waals surface area contributed by atoms with Gasteiger partial charge >= 0.3 is 0 Å². The lowest BCUT2D eigenvalue weighted by molar-refractivity contribution is -0.126. The number of amides is 1. The third-order valence-electron chi connectivity index (χ3n) is 6.12. The molecule has 0 unspecified atom stereocenters. The highest BCUT2D eigenvalue weighted by Gasteiger charge is 2.26. The zero-order valence-corrected chi connectivity index (χ0v) is 20.5. The molecule has 1 aliphatic rings. The number of nitrogens with one attached hydrogen (secondary N) is 1. The molecule has 4 rings (SSSR count). The fourth-order valence-electron chi connectivity index (χ4n) is 4.08. The third kappa shape index (κ3) is 6.51. The molecule has 0 bridgehead atoms. The first kappa shape index (κ1) is 24.5. The number of rotatable bonds is 10. The van der Waals surface area contributed by atoms with Gasteiger partial charge in [0.2, 0.25) is 17.6 Å². The number of carbonyl (C=O) groups excluding carboxylic acids is 1. The van der Waals surface area contributed by atoms with Crippen molar-refractivity contribution in [2.45, 2.75) is 26.3 Å². The van der Waals surface area contributed by atoms with E-state index in [0.717, 1.165) is 37.2 Å². The minimum absolute atomic E-state index is 0.00985. The molecule has 0 atom stereocenters. The molecule has 0 aliphatic carbocycles. The zero-order chi connectivity index (χ0) is 24.6. The van der Waals surface area contributed by atoms with E-state index >= 15 is 0 Å². The van der Waals surface area contributed by atoms with E-state index in [1.807, 2.05) is 49.4 Å². The number of benzene rings is 2. The highest BCUT2D eigenvalue weighted by atomic mass is 16.5. The number of methoxy groups -OCH3 is 2. The molecular formula is C26H32N4O5. The fraction of sp³-hybridized carbons (Fsp3) is 0.423. The third-order valence-corrected chi connectivity index (χ3v) is 6.12. The largest absolute Gasteiger partial charge is 0.493 e. The molecule has 2 aromatic carbocycles. The van der Waals surface area contributed by atoms with E-state index in [4.69, 9.17) is 18.7 Å². The Balaban J connectivity index is 1.20. The topological polar surface area (TPSA) is 99.0 Å². The van der Waals surface area contributed by atoms with Crippen LogP contribution in [-0.4, -0.2) is 61.4 Å². The van der Waals surface area contributed by atoms with Gasteiger partial charge in [0.05, 0.1) is 27.3 Å². The molecule has 2 heterocycles. The number of aryl methyl sites for hydroxylation is 1. The van der Waals surface area contributed by atoms with Gasteiger partial charge in [-0.1, -0.05) is 22.9 Å². The van der Waals surface area contributed by atoms with Crippen LogP contribution in [0.15, 0.2) is 47.0 Å². The van der Waals surface area contributed by atoms with Gasteiger partial charge in [0.1, 0.15) is 12.4 Å². The van der Waals surface area contributed by atoms with Crippen molar-refractivity contribution in [2.75, 3.05) is 40.5 Å². The summed E-state index contributed by atoms with van der Waals surface area (Å²) in [5, 5.41) is 7.10. The maximum absolute atomic E-state index is 12.5.